The average molecular weight is 675 g/mol. The van der Waals surface area contributed by atoms with Crippen LogP contribution in [0.15, 0.2) is 64.6 Å². The summed E-state index contributed by atoms with van der Waals surface area (Å²) >= 11 is 0. The van der Waals surface area contributed by atoms with Crippen LogP contribution in [0.4, 0.5) is 19.1 Å². The molecule has 0 bridgehead atoms. The number of benzene rings is 1. The standard InChI is InChI=1S/C26H21F3N7O7P.2Na/c27-26(28,29)16-2-1-3-17(10-16)36-22-18(23(37)35(25(36)38)14-43-44(39,40)41)13-30-20-5-4-19(33-21(20)22)15-11-31-24(32-12-15)34-6-8-42-9-7-34;;/h1-5,10-13H,6-9,14H2,(H2,39,40,41);;/q;2*+1/p-2. The number of phosphoric acid groups is 1. The molecule has 228 valence electrons. The Hall–Kier alpha value is -2.54. The summed E-state index contributed by atoms with van der Waals surface area (Å²) in [6.45, 7) is 0.983. The van der Waals surface area contributed by atoms with Crippen molar-refractivity contribution < 1.29 is 95.9 Å². The molecule has 46 heavy (non-hydrogen) atoms. The zero-order valence-corrected chi connectivity index (χ0v) is 29.2. The second-order valence-electron chi connectivity index (χ2n) is 9.56. The number of anilines is 1. The van der Waals surface area contributed by atoms with Crippen molar-refractivity contribution in [3.63, 3.8) is 0 Å². The second kappa shape index (κ2) is 14.3. The van der Waals surface area contributed by atoms with Crippen molar-refractivity contribution in [1.29, 1.82) is 0 Å². The van der Waals surface area contributed by atoms with E-state index in [1.54, 1.807) is 6.07 Å². The zero-order valence-electron chi connectivity index (χ0n) is 24.3. The molecule has 0 unspecified atom stereocenters. The fourth-order valence-corrected chi connectivity index (χ4v) is 4.99. The molecule has 1 aliphatic rings. The van der Waals surface area contributed by atoms with E-state index in [1.165, 1.54) is 24.5 Å². The van der Waals surface area contributed by atoms with Crippen LogP contribution >= 0.6 is 7.82 Å². The number of halogens is 3. The third-order valence-corrected chi connectivity index (χ3v) is 7.24. The Kier molecular flexibility index (Phi) is 11.3. The Morgan fingerprint density at radius 2 is 1.67 bits per heavy atom. The van der Waals surface area contributed by atoms with E-state index in [-0.39, 0.29) is 91.3 Å². The van der Waals surface area contributed by atoms with E-state index in [4.69, 9.17) is 4.74 Å². The number of rotatable bonds is 6. The molecular formula is C26H19F3N7Na2O7P. The minimum absolute atomic E-state index is 0. The second-order valence-corrected chi connectivity index (χ2v) is 10.7. The van der Waals surface area contributed by atoms with Crippen LogP contribution < -0.4 is 85.1 Å². The Bertz CT molecular complexity index is 2070. The van der Waals surface area contributed by atoms with E-state index < -0.39 is 37.5 Å². The van der Waals surface area contributed by atoms with E-state index in [1.807, 2.05) is 4.90 Å². The van der Waals surface area contributed by atoms with E-state index in [2.05, 4.69) is 24.5 Å². The molecule has 0 spiro atoms. The van der Waals surface area contributed by atoms with Gasteiger partial charge in [-0.15, -0.1) is 0 Å². The molecular weight excluding hydrogens is 656 g/mol. The molecule has 0 radical (unpaired) electrons. The molecule has 1 aromatic carbocycles. The molecule has 0 atom stereocenters. The first-order valence-electron chi connectivity index (χ1n) is 12.9. The van der Waals surface area contributed by atoms with Crippen molar-refractivity contribution >= 4 is 35.7 Å². The predicted octanol–water partition coefficient (Wildman–Crippen LogP) is -4.78. The minimum atomic E-state index is -5.65. The maximum Gasteiger partial charge on any atom is 1.00 e. The first kappa shape index (κ1) is 36.3. The number of hydrogen-bond donors (Lipinski definition) is 0. The van der Waals surface area contributed by atoms with Crippen molar-refractivity contribution in [1.82, 2.24) is 29.1 Å². The van der Waals surface area contributed by atoms with Gasteiger partial charge >= 0.3 is 71.0 Å². The number of alkyl halides is 3. The Labute approximate surface area is 301 Å². The van der Waals surface area contributed by atoms with Crippen molar-refractivity contribution in [2.75, 3.05) is 31.2 Å². The van der Waals surface area contributed by atoms with E-state index >= 15 is 0 Å². The first-order valence-corrected chi connectivity index (χ1v) is 14.3. The van der Waals surface area contributed by atoms with Crippen LogP contribution in [0.1, 0.15) is 5.56 Å². The summed E-state index contributed by atoms with van der Waals surface area (Å²) in [5, 5.41) is -0.312. The molecule has 20 heteroatoms. The van der Waals surface area contributed by atoms with Crippen molar-refractivity contribution in [2.45, 2.75) is 12.9 Å². The van der Waals surface area contributed by atoms with Gasteiger partial charge in [-0.25, -0.2) is 24.3 Å². The molecule has 14 nitrogen and oxygen atoms in total. The fraction of sp³-hybridized carbons (Fsp3) is 0.231. The van der Waals surface area contributed by atoms with E-state index in [0.29, 0.717) is 49.6 Å². The molecule has 5 heterocycles. The van der Waals surface area contributed by atoms with Gasteiger partial charge in [0.05, 0.1) is 54.4 Å². The molecule has 1 aliphatic heterocycles. The number of hydrogen-bond acceptors (Lipinski definition) is 12. The summed E-state index contributed by atoms with van der Waals surface area (Å²) in [6, 6.07) is 6.84. The largest absolute Gasteiger partial charge is 1.00 e. The van der Waals surface area contributed by atoms with E-state index in [9.17, 15) is 37.1 Å². The molecule has 0 N–H and O–H groups in total. The Morgan fingerprint density at radius 1 is 0.978 bits per heavy atom. The SMILES string of the molecule is O=c1c2cnc3ccc(-c4cnc(N5CCOCC5)nc4)nc3c2n(-c2cccc(C(F)(F)F)c2)c(=O)n1COP(=O)([O-])[O-].[Na+].[Na+]. The van der Waals surface area contributed by atoms with Crippen molar-refractivity contribution in [3.05, 3.63) is 81.4 Å². The summed E-state index contributed by atoms with van der Waals surface area (Å²) < 4.78 is 62.5. The number of phosphoric ester groups is 1. The number of morpholine rings is 1. The molecule has 4 aromatic heterocycles. The minimum Gasteiger partial charge on any atom is -0.790 e. The van der Waals surface area contributed by atoms with Crippen molar-refractivity contribution in [3.8, 4) is 16.9 Å². The van der Waals surface area contributed by atoms with Crippen LogP contribution in [0.5, 0.6) is 0 Å². The third kappa shape index (κ3) is 7.45. The van der Waals surface area contributed by atoms with Crippen LogP contribution in [0.2, 0.25) is 0 Å². The topological polar surface area (TPSA) is 180 Å². The molecule has 1 saturated heterocycles. The van der Waals surface area contributed by atoms with Gasteiger partial charge in [0.2, 0.25) is 5.95 Å². The van der Waals surface area contributed by atoms with Gasteiger partial charge in [0.1, 0.15) is 12.2 Å². The normalized spacial score (nSPS) is 13.8. The predicted molar refractivity (Wildman–Crippen MR) is 145 cm³/mol. The fourth-order valence-electron chi connectivity index (χ4n) is 4.73. The maximum atomic E-state index is 13.7. The molecule has 1 fully saturated rings. The van der Waals surface area contributed by atoms with Gasteiger partial charge in [-0.3, -0.25) is 14.3 Å². The monoisotopic (exact) mass is 675 g/mol. The van der Waals surface area contributed by atoms with Crippen LogP contribution in [-0.2, 0) is 26.7 Å². The van der Waals surface area contributed by atoms with Crippen LogP contribution in [0.3, 0.4) is 0 Å². The molecule has 0 saturated carbocycles. The summed E-state index contributed by atoms with van der Waals surface area (Å²) in [6.07, 6.45) is -0.666. The number of pyridine rings is 2. The zero-order chi connectivity index (χ0) is 31.2. The quantitative estimate of drug-likeness (QED) is 0.0954. The smallest absolute Gasteiger partial charge is 0.790 e. The summed E-state index contributed by atoms with van der Waals surface area (Å²) in [5.41, 5.74) is -3.12. The average Bonchev–Trinajstić information content (AvgIpc) is 3.00. The van der Waals surface area contributed by atoms with Gasteiger partial charge < -0.3 is 28.5 Å². The summed E-state index contributed by atoms with van der Waals surface area (Å²) in [7, 11) is -5.65. The van der Waals surface area contributed by atoms with E-state index in [0.717, 1.165) is 22.9 Å². The van der Waals surface area contributed by atoms with Crippen LogP contribution in [0.25, 0.3) is 38.9 Å². The number of aromatic nitrogens is 6. The first-order chi connectivity index (χ1) is 20.9. The summed E-state index contributed by atoms with van der Waals surface area (Å²) in [5.74, 6) is 0.479. The Balaban J connectivity index is 0.00000240. The van der Waals surface area contributed by atoms with Crippen LogP contribution in [0, 0.1) is 0 Å². The van der Waals surface area contributed by atoms with Gasteiger partial charge in [-0.05, 0) is 30.3 Å². The van der Waals surface area contributed by atoms with Gasteiger partial charge in [0, 0.05) is 37.2 Å². The van der Waals surface area contributed by atoms with Crippen LogP contribution in [-0.4, -0.2) is 55.4 Å². The van der Waals surface area contributed by atoms with Gasteiger partial charge in [0.15, 0.2) is 0 Å². The number of ether oxygens (including phenoxy) is 1. The third-order valence-electron chi connectivity index (χ3n) is 6.81. The molecule has 0 amide bonds. The molecule has 6 rings (SSSR count). The number of fused-ring (bicyclic) bond motifs is 3. The maximum absolute atomic E-state index is 13.7. The number of nitrogens with zero attached hydrogens (tertiary/aromatic N) is 7. The molecule has 0 aliphatic carbocycles. The van der Waals surface area contributed by atoms with Gasteiger partial charge in [-0.2, -0.15) is 13.2 Å². The van der Waals surface area contributed by atoms with Gasteiger partial charge in [0.25, 0.3) is 5.56 Å². The van der Waals surface area contributed by atoms with Crippen molar-refractivity contribution in [2.24, 2.45) is 0 Å². The van der Waals surface area contributed by atoms with Gasteiger partial charge in [-0.1, -0.05) is 6.07 Å². The summed E-state index contributed by atoms with van der Waals surface area (Å²) in [4.78, 5) is 68.8. The molecule has 5 aromatic rings. The Morgan fingerprint density at radius 3 is 2.33 bits per heavy atom.